The number of hydrogen-bond acceptors (Lipinski definition) is 3. The number of rotatable bonds is 3. The molecule has 0 aliphatic carbocycles. The van der Waals surface area contributed by atoms with Crippen LogP contribution in [0.1, 0.15) is 0 Å². The topological polar surface area (TPSA) is 38.9 Å². The second-order valence-corrected chi connectivity index (χ2v) is 3.50. The van der Waals surface area contributed by atoms with Gasteiger partial charge in [0.25, 0.3) is 0 Å². The van der Waals surface area contributed by atoms with Gasteiger partial charge < -0.3 is 18.7 Å². The van der Waals surface area contributed by atoms with Crippen LogP contribution in [0.25, 0.3) is 0 Å². The number of nitrogens with two attached hydrogens (primary N) is 1. The largest absolute Gasteiger partial charge is 0.488 e. The zero-order chi connectivity index (χ0) is 9.90. The van der Waals surface area contributed by atoms with E-state index >= 15 is 0 Å². The maximum atomic E-state index is 11.9. The molecule has 72 valence electrons. The third-order valence-corrected chi connectivity index (χ3v) is 2.47. The summed E-state index contributed by atoms with van der Waals surface area (Å²) >= 11 is 0.692. The van der Waals surface area contributed by atoms with Crippen molar-refractivity contribution in [1.82, 2.24) is 4.98 Å². The molecule has 1 rings (SSSR count). The Morgan fingerprint density at radius 2 is 2.15 bits per heavy atom. The minimum absolute atomic E-state index is 0.285. The van der Waals surface area contributed by atoms with Crippen LogP contribution in [-0.4, -0.2) is 17.6 Å². The molecule has 2 N–H and O–H groups in total. The summed E-state index contributed by atoms with van der Waals surface area (Å²) in [5, 5.41) is 0. The third kappa shape index (κ3) is 3.58. The third-order valence-electron chi connectivity index (χ3n) is 1.24. The van der Waals surface area contributed by atoms with E-state index in [0.717, 1.165) is 0 Å². The Bertz CT molecular complexity index is 291. The monoisotopic (exact) mass is 207 g/mol. The van der Waals surface area contributed by atoms with Crippen LogP contribution in [-0.2, 0) is 0 Å². The number of nitrogens with zero attached hydrogens (tertiary/aromatic N) is 1. The van der Waals surface area contributed by atoms with Gasteiger partial charge in [-0.2, -0.15) is 11.8 Å². The quantitative estimate of drug-likeness (QED) is 0.609. The Balaban J connectivity index is 2.60. The predicted molar refractivity (Wildman–Crippen MR) is 48.5 cm³/mol. The molecule has 0 atom stereocenters. The maximum Gasteiger partial charge on any atom is 0.488 e. The molecule has 1 aromatic heterocycles. The molecule has 0 saturated heterocycles. The highest BCUT2D eigenvalue weighted by Gasteiger charge is 2.23. The molecule has 13 heavy (non-hydrogen) atoms. The normalized spacial score (nSPS) is 11.6. The summed E-state index contributed by atoms with van der Waals surface area (Å²) in [4.78, 5) is 4.10. The van der Waals surface area contributed by atoms with Crippen molar-refractivity contribution in [2.75, 3.05) is 11.4 Å². The van der Waals surface area contributed by atoms with E-state index in [9.17, 15) is 12.9 Å². The zero-order valence-electron chi connectivity index (χ0n) is 6.58. The predicted octanol–water partition coefficient (Wildman–Crippen LogP) is 2.14. The minimum atomic E-state index is -4.76. The first kappa shape index (κ1) is 10.2. The highest BCUT2D eigenvalue weighted by atomic mass is 32.2. The summed E-state index contributed by atoms with van der Waals surface area (Å²) in [6, 6.07) is 1.47. The molecule has 0 saturated carbocycles. The second kappa shape index (κ2) is 3.91. The van der Waals surface area contributed by atoms with Gasteiger partial charge in [0.05, 0.1) is 11.9 Å². The number of anilines is 1. The van der Waals surface area contributed by atoms with Crippen molar-refractivity contribution in [2.45, 2.75) is 4.90 Å². The van der Waals surface area contributed by atoms with Crippen molar-refractivity contribution in [3.8, 4) is 0 Å². The molecule has 0 unspecified atom stereocenters. The smallest absolute Gasteiger partial charge is 0.448 e. The van der Waals surface area contributed by atoms with Gasteiger partial charge in [-0.15, -0.1) is 0 Å². The molecule has 1 aromatic rings. The van der Waals surface area contributed by atoms with E-state index in [4.69, 9.17) is 5.73 Å². The van der Waals surface area contributed by atoms with Crippen molar-refractivity contribution in [2.24, 2.45) is 0 Å². The number of halogens is 3. The molecule has 0 bridgehead atoms. The van der Waals surface area contributed by atoms with Crippen LogP contribution in [0.3, 0.4) is 0 Å². The van der Waals surface area contributed by atoms with Gasteiger partial charge in [0.2, 0.25) is 0 Å². The van der Waals surface area contributed by atoms with Crippen molar-refractivity contribution < 1.29 is 12.9 Å². The van der Waals surface area contributed by atoms with E-state index in [1.165, 1.54) is 18.5 Å². The first-order valence-corrected chi connectivity index (χ1v) is 4.51. The summed E-state index contributed by atoms with van der Waals surface area (Å²) in [5.74, 6) is 0. The van der Waals surface area contributed by atoms with Crippen LogP contribution >= 0.6 is 11.8 Å². The molecule has 0 fully saturated rings. The van der Waals surface area contributed by atoms with Crippen LogP contribution in [0.5, 0.6) is 0 Å². The molecular formula is C6H7BF3N2S-. The molecule has 1 heterocycles. The van der Waals surface area contributed by atoms with Gasteiger partial charge >= 0.3 is 6.98 Å². The molecular weight excluding hydrogens is 200 g/mol. The van der Waals surface area contributed by atoms with Crippen LogP contribution in [0, 0.1) is 0 Å². The summed E-state index contributed by atoms with van der Waals surface area (Å²) in [5.41, 5.74) is 4.82. The van der Waals surface area contributed by atoms with E-state index in [0.29, 0.717) is 16.7 Å². The highest BCUT2D eigenvalue weighted by molar-refractivity contribution is 8.00. The fourth-order valence-electron chi connectivity index (χ4n) is 0.710. The van der Waals surface area contributed by atoms with E-state index < -0.39 is 12.6 Å². The van der Waals surface area contributed by atoms with Crippen LogP contribution in [0.4, 0.5) is 18.6 Å². The first-order valence-electron chi connectivity index (χ1n) is 3.52. The van der Waals surface area contributed by atoms with Crippen molar-refractivity contribution in [3.05, 3.63) is 18.5 Å². The lowest BCUT2D eigenvalue weighted by atomic mass is 9.98. The van der Waals surface area contributed by atoms with Crippen LogP contribution < -0.4 is 5.73 Å². The Hall–Kier alpha value is -0.845. The van der Waals surface area contributed by atoms with E-state index in [2.05, 4.69) is 4.98 Å². The van der Waals surface area contributed by atoms with Gasteiger partial charge in [0.1, 0.15) is 0 Å². The Morgan fingerprint density at radius 3 is 2.69 bits per heavy atom. The minimum Gasteiger partial charge on any atom is -0.448 e. The van der Waals surface area contributed by atoms with Gasteiger partial charge in [0, 0.05) is 11.1 Å². The lowest BCUT2D eigenvalue weighted by Gasteiger charge is -2.13. The SMILES string of the molecule is Nc1cnccc1SC[B-](F)(F)F. The zero-order valence-corrected chi connectivity index (χ0v) is 7.40. The molecule has 7 heteroatoms. The highest BCUT2D eigenvalue weighted by Crippen LogP contribution is 2.27. The first-order chi connectivity index (χ1) is 5.99. The van der Waals surface area contributed by atoms with E-state index in [1.54, 1.807) is 0 Å². The van der Waals surface area contributed by atoms with Gasteiger partial charge in [-0.25, -0.2) is 0 Å². The maximum absolute atomic E-state index is 11.9. The number of aromatic nitrogens is 1. The fourth-order valence-corrected chi connectivity index (χ4v) is 1.45. The average Bonchev–Trinajstić information content (AvgIpc) is 2.01. The van der Waals surface area contributed by atoms with Gasteiger partial charge in [-0.05, 0) is 11.7 Å². The van der Waals surface area contributed by atoms with Gasteiger partial charge in [0.15, 0.2) is 0 Å². The van der Waals surface area contributed by atoms with Crippen LogP contribution in [0.15, 0.2) is 23.4 Å². The van der Waals surface area contributed by atoms with E-state index in [-0.39, 0.29) is 5.69 Å². The summed E-state index contributed by atoms with van der Waals surface area (Å²) in [6.45, 7) is -4.76. The summed E-state index contributed by atoms with van der Waals surface area (Å²) in [6.07, 6.45) is 2.76. The van der Waals surface area contributed by atoms with Crippen molar-refractivity contribution in [1.29, 1.82) is 0 Å². The number of thioether (sulfide) groups is 1. The summed E-state index contributed by atoms with van der Waals surface area (Å²) in [7, 11) is 0. The number of nitrogen functional groups attached to an aromatic ring is 1. The average molecular weight is 207 g/mol. The lowest BCUT2D eigenvalue weighted by Crippen LogP contribution is -2.19. The molecule has 0 aliphatic heterocycles. The molecule has 0 spiro atoms. The van der Waals surface area contributed by atoms with E-state index in [1.807, 2.05) is 0 Å². The number of hydrogen-bond donors (Lipinski definition) is 1. The molecule has 2 nitrogen and oxygen atoms in total. The fraction of sp³-hybridized carbons (Fsp3) is 0.167. The molecule has 0 aliphatic rings. The Kier molecular flexibility index (Phi) is 3.08. The number of pyridine rings is 1. The molecule has 0 radical (unpaired) electrons. The Labute approximate surface area is 77.8 Å². The second-order valence-electron chi connectivity index (χ2n) is 2.43. The van der Waals surface area contributed by atoms with Gasteiger partial charge in [-0.3, -0.25) is 4.98 Å². The standard InChI is InChI=1S/C6H7BF3N2S/c8-7(9,10)4-13-6-1-2-12-3-5(6)11/h1-3H,4,11H2/q-1. The Morgan fingerprint density at radius 1 is 1.46 bits per heavy atom. The summed E-state index contributed by atoms with van der Waals surface area (Å²) < 4.78 is 35.6. The molecule has 0 aromatic carbocycles. The molecule has 0 amide bonds. The van der Waals surface area contributed by atoms with Crippen molar-refractivity contribution in [3.63, 3.8) is 0 Å². The van der Waals surface area contributed by atoms with Crippen molar-refractivity contribution >= 4 is 24.4 Å². The van der Waals surface area contributed by atoms with Crippen LogP contribution in [0.2, 0.25) is 0 Å². The van der Waals surface area contributed by atoms with Gasteiger partial charge in [-0.1, -0.05) is 0 Å². The lowest BCUT2D eigenvalue weighted by molar-refractivity contribution is 0.485.